The summed E-state index contributed by atoms with van der Waals surface area (Å²) in [6.45, 7) is 5.02. The van der Waals surface area contributed by atoms with Crippen molar-refractivity contribution >= 4 is 28.9 Å². The van der Waals surface area contributed by atoms with Crippen molar-refractivity contribution in [2.45, 2.75) is 31.8 Å². The molecule has 0 bridgehead atoms. The van der Waals surface area contributed by atoms with Crippen molar-refractivity contribution in [2.75, 3.05) is 11.9 Å². The van der Waals surface area contributed by atoms with Gasteiger partial charge in [0.2, 0.25) is 0 Å². The van der Waals surface area contributed by atoms with Gasteiger partial charge in [0.05, 0.1) is 22.8 Å². The van der Waals surface area contributed by atoms with Crippen LogP contribution in [-0.4, -0.2) is 21.5 Å². The summed E-state index contributed by atoms with van der Waals surface area (Å²) >= 11 is 3.58. The van der Waals surface area contributed by atoms with E-state index in [1.54, 1.807) is 11.3 Å². The molecule has 0 radical (unpaired) electrons. The second-order valence-electron chi connectivity index (χ2n) is 4.47. The fraction of sp³-hybridized carbons (Fsp3) is 0.462. The van der Waals surface area contributed by atoms with Crippen LogP contribution in [0.1, 0.15) is 34.7 Å². The largest absolute Gasteiger partial charge is 0.370 e. The Hall–Kier alpha value is -1.14. The van der Waals surface area contributed by atoms with Crippen LogP contribution in [0.15, 0.2) is 5.38 Å². The van der Waals surface area contributed by atoms with Crippen molar-refractivity contribution in [1.29, 1.82) is 0 Å². The predicted molar refractivity (Wildman–Crippen MR) is 80.9 cm³/mol. The minimum atomic E-state index is 0.723. The van der Waals surface area contributed by atoms with Crippen LogP contribution in [0.4, 0.5) is 5.82 Å². The van der Waals surface area contributed by atoms with Crippen LogP contribution < -0.4 is 5.32 Å². The number of nitrogens with zero attached hydrogens (tertiary/aromatic N) is 3. The highest BCUT2D eigenvalue weighted by atomic mass is 32.2. The SMILES string of the molecule is CCNc1nc(Cc2csc(C)n2)nc2c1CSC2. The molecular formula is C13H16N4S2. The molecule has 0 saturated carbocycles. The number of anilines is 1. The Morgan fingerprint density at radius 1 is 1.26 bits per heavy atom. The molecule has 4 nitrogen and oxygen atoms in total. The second kappa shape index (κ2) is 5.46. The summed E-state index contributed by atoms with van der Waals surface area (Å²) < 4.78 is 0. The van der Waals surface area contributed by atoms with Gasteiger partial charge < -0.3 is 5.32 Å². The van der Waals surface area contributed by atoms with Crippen molar-refractivity contribution in [2.24, 2.45) is 0 Å². The smallest absolute Gasteiger partial charge is 0.137 e. The third kappa shape index (κ3) is 2.74. The number of rotatable bonds is 4. The van der Waals surface area contributed by atoms with E-state index in [1.165, 1.54) is 11.3 Å². The predicted octanol–water partition coefficient (Wildman–Crippen LogP) is 3.01. The van der Waals surface area contributed by atoms with Crippen molar-refractivity contribution in [1.82, 2.24) is 15.0 Å². The summed E-state index contributed by atoms with van der Waals surface area (Å²) in [4.78, 5) is 13.8. The van der Waals surface area contributed by atoms with E-state index in [-0.39, 0.29) is 0 Å². The van der Waals surface area contributed by atoms with Gasteiger partial charge in [-0.15, -0.1) is 11.3 Å². The molecule has 100 valence electrons. The molecular weight excluding hydrogens is 276 g/mol. The van der Waals surface area contributed by atoms with Crippen LogP contribution in [-0.2, 0) is 17.9 Å². The van der Waals surface area contributed by atoms with Gasteiger partial charge in [-0.1, -0.05) is 0 Å². The van der Waals surface area contributed by atoms with E-state index in [4.69, 9.17) is 4.98 Å². The highest BCUT2D eigenvalue weighted by Gasteiger charge is 2.19. The first-order valence-electron chi connectivity index (χ1n) is 6.37. The quantitative estimate of drug-likeness (QED) is 0.938. The summed E-state index contributed by atoms with van der Waals surface area (Å²) in [5, 5.41) is 6.54. The summed E-state index contributed by atoms with van der Waals surface area (Å²) in [5.74, 6) is 3.91. The number of hydrogen-bond acceptors (Lipinski definition) is 6. The van der Waals surface area contributed by atoms with Crippen LogP contribution in [0, 0.1) is 6.92 Å². The first-order chi connectivity index (χ1) is 9.26. The minimum Gasteiger partial charge on any atom is -0.370 e. The Balaban J connectivity index is 1.91. The monoisotopic (exact) mass is 292 g/mol. The molecule has 6 heteroatoms. The zero-order chi connectivity index (χ0) is 13.2. The number of hydrogen-bond donors (Lipinski definition) is 1. The Morgan fingerprint density at radius 3 is 2.89 bits per heavy atom. The molecule has 0 saturated heterocycles. The van der Waals surface area contributed by atoms with Gasteiger partial charge in [-0.2, -0.15) is 11.8 Å². The van der Waals surface area contributed by atoms with E-state index in [9.17, 15) is 0 Å². The lowest BCUT2D eigenvalue weighted by atomic mass is 10.2. The summed E-state index contributed by atoms with van der Waals surface area (Å²) in [6, 6.07) is 0. The molecule has 3 heterocycles. The van der Waals surface area contributed by atoms with E-state index < -0.39 is 0 Å². The number of nitrogens with one attached hydrogen (secondary N) is 1. The fourth-order valence-electron chi connectivity index (χ4n) is 2.15. The molecule has 0 amide bonds. The average Bonchev–Trinajstić information content (AvgIpc) is 2.99. The van der Waals surface area contributed by atoms with E-state index in [1.807, 2.05) is 18.7 Å². The molecule has 0 aliphatic carbocycles. The zero-order valence-electron chi connectivity index (χ0n) is 11.1. The lowest BCUT2D eigenvalue weighted by Gasteiger charge is -2.09. The maximum atomic E-state index is 4.69. The van der Waals surface area contributed by atoms with Gasteiger partial charge in [-0.05, 0) is 13.8 Å². The molecule has 2 aromatic heterocycles. The Bertz CT molecular complexity index is 594. The first-order valence-corrected chi connectivity index (χ1v) is 8.41. The number of thiazole rings is 1. The van der Waals surface area contributed by atoms with Gasteiger partial charge in [0.1, 0.15) is 11.6 Å². The molecule has 3 rings (SSSR count). The molecule has 2 aromatic rings. The lowest BCUT2D eigenvalue weighted by molar-refractivity contribution is 0.906. The van der Waals surface area contributed by atoms with E-state index in [0.29, 0.717) is 0 Å². The van der Waals surface area contributed by atoms with Gasteiger partial charge in [0, 0.05) is 29.0 Å². The molecule has 1 aliphatic heterocycles. The van der Waals surface area contributed by atoms with Crippen LogP contribution in [0.5, 0.6) is 0 Å². The van der Waals surface area contributed by atoms with Crippen molar-refractivity contribution in [3.8, 4) is 0 Å². The molecule has 0 aromatic carbocycles. The fourth-order valence-corrected chi connectivity index (χ4v) is 3.80. The van der Waals surface area contributed by atoms with Crippen LogP contribution in [0.3, 0.4) is 0 Å². The van der Waals surface area contributed by atoms with Gasteiger partial charge in [-0.25, -0.2) is 15.0 Å². The van der Waals surface area contributed by atoms with E-state index in [2.05, 4.69) is 27.6 Å². The highest BCUT2D eigenvalue weighted by molar-refractivity contribution is 7.98. The number of aromatic nitrogens is 3. The molecule has 0 unspecified atom stereocenters. The first kappa shape index (κ1) is 12.9. The molecule has 0 atom stereocenters. The highest BCUT2D eigenvalue weighted by Crippen LogP contribution is 2.32. The van der Waals surface area contributed by atoms with E-state index >= 15 is 0 Å². The van der Waals surface area contributed by atoms with Gasteiger partial charge in [0.15, 0.2) is 0 Å². The molecule has 1 N–H and O–H groups in total. The molecule has 1 aliphatic rings. The van der Waals surface area contributed by atoms with Crippen LogP contribution in [0.2, 0.25) is 0 Å². The lowest BCUT2D eigenvalue weighted by Crippen LogP contribution is -2.09. The zero-order valence-corrected chi connectivity index (χ0v) is 12.7. The number of aryl methyl sites for hydroxylation is 1. The van der Waals surface area contributed by atoms with Gasteiger partial charge >= 0.3 is 0 Å². The van der Waals surface area contributed by atoms with Crippen LogP contribution >= 0.6 is 23.1 Å². The third-order valence-electron chi connectivity index (χ3n) is 2.97. The summed E-state index contributed by atoms with van der Waals surface area (Å²) in [6.07, 6.45) is 0.723. The Labute approximate surface area is 121 Å². The number of thioether (sulfide) groups is 1. The van der Waals surface area contributed by atoms with E-state index in [0.717, 1.165) is 46.8 Å². The maximum Gasteiger partial charge on any atom is 0.137 e. The normalized spacial score (nSPS) is 13.6. The van der Waals surface area contributed by atoms with Gasteiger partial charge in [-0.3, -0.25) is 0 Å². The Kier molecular flexibility index (Phi) is 3.70. The standard InChI is InChI=1S/C13H16N4S2/c1-3-14-13-10-6-18-7-11(10)16-12(17-13)4-9-5-19-8(2)15-9/h5H,3-4,6-7H2,1-2H3,(H,14,16,17). The summed E-state index contributed by atoms with van der Waals surface area (Å²) in [5.41, 5.74) is 3.54. The summed E-state index contributed by atoms with van der Waals surface area (Å²) in [7, 11) is 0. The van der Waals surface area contributed by atoms with Crippen molar-refractivity contribution in [3.63, 3.8) is 0 Å². The second-order valence-corrected chi connectivity index (χ2v) is 6.52. The number of fused-ring (bicyclic) bond motifs is 1. The molecule has 0 spiro atoms. The molecule has 19 heavy (non-hydrogen) atoms. The van der Waals surface area contributed by atoms with Gasteiger partial charge in [0.25, 0.3) is 0 Å². The third-order valence-corrected chi connectivity index (χ3v) is 4.77. The molecule has 0 fully saturated rings. The average molecular weight is 292 g/mol. The topological polar surface area (TPSA) is 50.7 Å². The van der Waals surface area contributed by atoms with Crippen molar-refractivity contribution < 1.29 is 0 Å². The Morgan fingerprint density at radius 2 is 2.16 bits per heavy atom. The van der Waals surface area contributed by atoms with Crippen LogP contribution in [0.25, 0.3) is 0 Å². The maximum absolute atomic E-state index is 4.69. The van der Waals surface area contributed by atoms with Crippen molar-refractivity contribution in [3.05, 3.63) is 33.2 Å². The minimum absolute atomic E-state index is 0.723.